The Morgan fingerprint density at radius 1 is 1.05 bits per heavy atom. The van der Waals surface area contributed by atoms with Gasteiger partial charge in [-0.2, -0.15) is 0 Å². The predicted octanol–water partition coefficient (Wildman–Crippen LogP) is 2.82. The van der Waals surface area contributed by atoms with E-state index in [2.05, 4.69) is 36.2 Å². The summed E-state index contributed by atoms with van der Waals surface area (Å²) in [7, 11) is 4.15. The Morgan fingerprint density at radius 2 is 1.68 bits per heavy atom. The summed E-state index contributed by atoms with van der Waals surface area (Å²) >= 11 is 0. The highest BCUT2D eigenvalue weighted by molar-refractivity contribution is 14.0. The second-order valence-electron chi connectivity index (χ2n) is 5.12. The van der Waals surface area contributed by atoms with E-state index in [1.165, 1.54) is 38.5 Å². The van der Waals surface area contributed by atoms with Gasteiger partial charge >= 0.3 is 0 Å². The van der Waals surface area contributed by atoms with Gasteiger partial charge in [-0.15, -0.1) is 24.0 Å². The molecule has 0 spiro atoms. The first-order valence-corrected chi connectivity index (χ1v) is 7.35. The Labute approximate surface area is 136 Å². The minimum Gasteiger partial charge on any atom is -0.370 e. The van der Waals surface area contributed by atoms with Crippen molar-refractivity contribution in [3.8, 4) is 0 Å². The molecule has 0 aromatic rings. The third kappa shape index (κ3) is 18.0. The largest absolute Gasteiger partial charge is 0.370 e. The molecule has 3 N–H and O–H groups in total. The minimum atomic E-state index is 0. The van der Waals surface area contributed by atoms with Gasteiger partial charge < -0.3 is 16.0 Å². The minimum absolute atomic E-state index is 0. The van der Waals surface area contributed by atoms with Crippen molar-refractivity contribution in [1.29, 1.82) is 0 Å². The average molecular weight is 384 g/mol. The van der Waals surface area contributed by atoms with E-state index >= 15 is 0 Å². The monoisotopic (exact) mass is 384 g/mol. The first-order chi connectivity index (χ1) is 8.66. The van der Waals surface area contributed by atoms with Crippen LogP contribution in [0.2, 0.25) is 0 Å². The van der Waals surface area contributed by atoms with Gasteiger partial charge in [-0.05, 0) is 33.5 Å². The van der Waals surface area contributed by atoms with Gasteiger partial charge in [0.2, 0.25) is 0 Å². The van der Waals surface area contributed by atoms with Gasteiger partial charge in [-0.25, -0.2) is 0 Å². The molecule has 0 aromatic carbocycles. The van der Waals surface area contributed by atoms with E-state index in [-0.39, 0.29) is 24.0 Å². The standard InChI is InChI=1S/C14H32N4.HI/c1-4-5-6-7-8-9-11-16-14(15)17-12-10-13-18(2)3;/h4-13H2,1-3H3,(H3,15,16,17);1H. The number of rotatable bonds is 11. The van der Waals surface area contributed by atoms with Gasteiger partial charge in [0.1, 0.15) is 0 Å². The smallest absolute Gasteiger partial charge is 0.188 e. The summed E-state index contributed by atoms with van der Waals surface area (Å²) < 4.78 is 0. The maximum Gasteiger partial charge on any atom is 0.188 e. The topological polar surface area (TPSA) is 53.6 Å². The van der Waals surface area contributed by atoms with E-state index in [0.29, 0.717) is 5.96 Å². The number of aliphatic imine (C=N–C) groups is 1. The average Bonchev–Trinajstić information content (AvgIpc) is 2.33. The number of halogens is 1. The summed E-state index contributed by atoms with van der Waals surface area (Å²) in [5.74, 6) is 0.599. The third-order valence-electron chi connectivity index (χ3n) is 2.88. The van der Waals surface area contributed by atoms with E-state index in [0.717, 1.165) is 26.1 Å². The number of guanidine groups is 1. The Bertz CT molecular complexity index is 208. The van der Waals surface area contributed by atoms with Gasteiger partial charge in [-0.1, -0.05) is 39.0 Å². The maximum atomic E-state index is 5.78. The molecule has 0 radical (unpaired) electrons. The quantitative estimate of drug-likeness (QED) is 0.249. The van der Waals surface area contributed by atoms with E-state index in [4.69, 9.17) is 5.73 Å². The zero-order chi connectivity index (χ0) is 13.6. The SMILES string of the molecule is CCCCCCCCNC(N)=NCCCN(C)C.I. The zero-order valence-corrected chi connectivity index (χ0v) is 15.3. The van der Waals surface area contributed by atoms with Gasteiger partial charge in [0.25, 0.3) is 0 Å². The molecule has 5 heteroatoms. The summed E-state index contributed by atoms with van der Waals surface area (Å²) in [4.78, 5) is 6.46. The number of unbranched alkanes of at least 4 members (excludes halogenated alkanes) is 5. The number of hydrogen-bond acceptors (Lipinski definition) is 2. The lowest BCUT2D eigenvalue weighted by Gasteiger charge is -2.08. The molecule has 0 saturated heterocycles. The summed E-state index contributed by atoms with van der Waals surface area (Å²) in [6, 6.07) is 0. The van der Waals surface area contributed by atoms with Crippen molar-refractivity contribution in [2.24, 2.45) is 10.7 Å². The normalized spacial score (nSPS) is 11.5. The van der Waals surface area contributed by atoms with Crippen LogP contribution in [0.4, 0.5) is 0 Å². The van der Waals surface area contributed by atoms with Crippen molar-refractivity contribution in [3.05, 3.63) is 0 Å². The summed E-state index contributed by atoms with van der Waals surface area (Å²) in [6.45, 7) is 5.08. The molecule has 0 atom stereocenters. The molecule has 116 valence electrons. The zero-order valence-electron chi connectivity index (χ0n) is 13.0. The molecule has 19 heavy (non-hydrogen) atoms. The molecule has 0 amide bonds. The van der Waals surface area contributed by atoms with Gasteiger partial charge in [0.05, 0.1) is 0 Å². The fourth-order valence-electron chi connectivity index (χ4n) is 1.76. The van der Waals surface area contributed by atoms with Crippen LogP contribution in [-0.4, -0.2) is 44.6 Å². The van der Waals surface area contributed by atoms with Crippen LogP contribution in [0.1, 0.15) is 51.9 Å². The molecule has 0 rings (SSSR count). The molecule has 0 fully saturated rings. The Morgan fingerprint density at radius 3 is 2.32 bits per heavy atom. The van der Waals surface area contributed by atoms with Crippen LogP contribution in [0.5, 0.6) is 0 Å². The molecule has 0 saturated carbocycles. The summed E-state index contributed by atoms with van der Waals surface area (Å²) in [5, 5.41) is 3.18. The number of nitrogens with one attached hydrogen (secondary N) is 1. The Kier molecular flexibility index (Phi) is 17.9. The molecule has 0 unspecified atom stereocenters. The lowest BCUT2D eigenvalue weighted by Crippen LogP contribution is -2.32. The van der Waals surface area contributed by atoms with Gasteiger partial charge in [0.15, 0.2) is 5.96 Å². The van der Waals surface area contributed by atoms with Crippen molar-refractivity contribution in [3.63, 3.8) is 0 Å². The van der Waals surface area contributed by atoms with E-state index in [9.17, 15) is 0 Å². The van der Waals surface area contributed by atoms with Crippen LogP contribution >= 0.6 is 24.0 Å². The predicted molar refractivity (Wildman–Crippen MR) is 96.5 cm³/mol. The van der Waals surface area contributed by atoms with Crippen LogP contribution in [0.15, 0.2) is 4.99 Å². The van der Waals surface area contributed by atoms with Gasteiger partial charge in [-0.3, -0.25) is 4.99 Å². The molecule has 0 bridgehead atoms. The second-order valence-corrected chi connectivity index (χ2v) is 5.12. The summed E-state index contributed by atoms with van der Waals surface area (Å²) in [6.07, 6.45) is 8.93. The van der Waals surface area contributed by atoms with E-state index in [1.807, 2.05) is 0 Å². The van der Waals surface area contributed by atoms with Crippen LogP contribution in [0, 0.1) is 0 Å². The third-order valence-corrected chi connectivity index (χ3v) is 2.88. The molecular weight excluding hydrogens is 351 g/mol. The first kappa shape index (κ1) is 21.3. The molecule has 0 aliphatic carbocycles. The Hall–Kier alpha value is -0.0400. The van der Waals surface area contributed by atoms with Gasteiger partial charge in [0, 0.05) is 13.1 Å². The molecular formula is C14H33IN4. The fourth-order valence-corrected chi connectivity index (χ4v) is 1.76. The van der Waals surface area contributed by atoms with Crippen molar-refractivity contribution in [2.45, 2.75) is 51.9 Å². The van der Waals surface area contributed by atoms with Crippen LogP contribution in [0.25, 0.3) is 0 Å². The van der Waals surface area contributed by atoms with E-state index < -0.39 is 0 Å². The molecule has 0 aromatic heterocycles. The first-order valence-electron chi connectivity index (χ1n) is 7.35. The molecule has 0 aliphatic heterocycles. The Balaban J connectivity index is 0. The van der Waals surface area contributed by atoms with Crippen LogP contribution in [0.3, 0.4) is 0 Å². The van der Waals surface area contributed by atoms with Crippen LogP contribution in [-0.2, 0) is 0 Å². The second kappa shape index (κ2) is 16.0. The van der Waals surface area contributed by atoms with Crippen LogP contribution < -0.4 is 11.1 Å². The highest BCUT2D eigenvalue weighted by Gasteiger charge is 1.93. The summed E-state index contributed by atoms with van der Waals surface area (Å²) in [5.41, 5.74) is 5.78. The van der Waals surface area contributed by atoms with E-state index in [1.54, 1.807) is 0 Å². The van der Waals surface area contributed by atoms with Crippen molar-refractivity contribution in [1.82, 2.24) is 10.2 Å². The number of nitrogens with zero attached hydrogens (tertiary/aromatic N) is 2. The highest BCUT2D eigenvalue weighted by atomic mass is 127. The lowest BCUT2D eigenvalue weighted by molar-refractivity contribution is 0.403. The molecule has 4 nitrogen and oxygen atoms in total. The number of nitrogens with two attached hydrogens (primary N) is 1. The lowest BCUT2D eigenvalue weighted by atomic mass is 10.1. The molecule has 0 heterocycles. The molecule has 0 aliphatic rings. The maximum absolute atomic E-state index is 5.78. The van der Waals surface area contributed by atoms with Crippen molar-refractivity contribution < 1.29 is 0 Å². The van der Waals surface area contributed by atoms with Crippen molar-refractivity contribution >= 4 is 29.9 Å². The fraction of sp³-hybridized carbons (Fsp3) is 0.929. The number of hydrogen-bond donors (Lipinski definition) is 2. The van der Waals surface area contributed by atoms with Crippen molar-refractivity contribution in [2.75, 3.05) is 33.7 Å². The highest BCUT2D eigenvalue weighted by Crippen LogP contribution is 2.03.